The van der Waals surface area contributed by atoms with E-state index in [2.05, 4.69) is 5.10 Å². The lowest BCUT2D eigenvalue weighted by Crippen LogP contribution is -2.34. The van der Waals surface area contributed by atoms with Crippen molar-refractivity contribution in [2.45, 2.75) is 44.2 Å². The van der Waals surface area contributed by atoms with Gasteiger partial charge in [-0.3, -0.25) is 14.4 Å². The number of hydrogen-bond acceptors (Lipinski definition) is 6. The van der Waals surface area contributed by atoms with E-state index >= 15 is 0 Å². The van der Waals surface area contributed by atoms with E-state index in [1.165, 1.54) is 27.8 Å². The van der Waals surface area contributed by atoms with E-state index in [1.54, 1.807) is 24.1 Å². The predicted molar refractivity (Wildman–Crippen MR) is 137 cm³/mol. The van der Waals surface area contributed by atoms with E-state index in [9.17, 15) is 13.2 Å². The van der Waals surface area contributed by atoms with Gasteiger partial charge in [0.05, 0.1) is 27.4 Å². The maximum absolute atomic E-state index is 13.6. The summed E-state index contributed by atoms with van der Waals surface area (Å²) in [7, 11) is -1.96. The lowest BCUT2D eigenvalue weighted by molar-refractivity contribution is 0.0985. The van der Waals surface area contributed by atoms with Crippen LogP contribution >= 0.6 is 11.3 Å². The van der Waals surface area contributed by atoms with Crippen LogP contribution in [-0.4, -0.2) is 53.0 Å². The summed E-state index contributed by atoms with van der Waals surface area (Å²) in [5.41, 5.74) is 3.19. The average molecular weight is 510 g/mol. The van der Waals surface area contributed by atoms with Crippen LogP contribution in [0.15, 0.2) is 59.5 Å². The quantitative estimate of drug-likeness (QED) is 0.355. The number of benzene rings is 2. The second-order valence-corrected chi connectivity index (χ2v) is 11.9. The van der Waals surface area contributed by atoms with Gasteiger partial charge in [-0.25, -0.2) is 13.4 Å². The van der Waals surface area contributed by atoms with Crippen molar-refractivity contribution < 1.29 is 13.2 Å². The zero-order valence-electron chi connectivity index (χ0n) is 19.9. The summed E-state index contributed by atoms with van der Waals surface area (Å²) < 4.78 is 30.0. The highest BCUT2D eigenvalue weighted by Gasteiger charge is 2.35. The number of para-hydroxylation sites is 1. The Hall–Kier alpha value is -3.08. The van der Waals surface area contributed by atoms with E-state index < -0.39 is 10.0 Å². The molecule has 0 bridgehead atoms. The van der Waals surface area contributed by atoms with Crippen molar-refractivity contribution in [1.29, 1.82) is 0 Å². The van der Waals surface area contributed by atoms with Gasteiger partial charge in [-0.05, 0) is 69.2 Å². The number of thiazole rings is 1. The van der Waals surface area contributed by atoms with Crippen molar-refractivity contribution in [1.82, 2.24) is 19.1 Å². The monoisotopic (exact) mass is 509 g/mol. The van der Waals surface area contributed by atoms with Crippen LogP contribution in [0, 0.1) is 13.8 Å². The highest BCUT2D eigenvalue weighted by atomic mass is 32.2. The van der Waals surface area contributed by atoms with E-state index in [0.29, 0.717) is 23.8 Å². The molecule has 1 amide bonds. The molecule has 0 radical (unpaired) electrons. The number of amides is 1. The summed E-state index contributed by atoms with van der Waals surface area (Å²) in [5.74, 6) is -0.231. The lowest BCUT2D eigenvalue weighted by atomic mass is 10.2. The molecule has 8 nitrogen and oxygen atoms in total. The molecule has 1 aliphatic carbocycles. The van der Waals surface area contributed by atoms with Gasteiger partial charge in [-0.15, -0.1) is 0 Å². The summed E-state index contributed by atoms with van der Waals surface area (Å²) in [5, 5.41) is 5.12. The normalized spacial score (nSPS) is 14.1. The molecular weight excluding hydrogens is 482 g/mol. The first-order chi connectivity index (χ1) is 16.7. The first-order valence-corrected chi connectivity index (χ1v) is 13.8. The third-order valence-corrected chi connectivity index (χ3v) is 9.22. The number of nitrogens with zero attached hydrogens (tertiary/aromatic N) is 5. The SMILES string of the molecule is Cc1cc(C)n(CCN(C(=O)c2ccc(S(=O)(=O)N(C)C3CC3)cc2)c2nc3ccccc3s2)n1. The first kappa shape index (κ1) is 23.7. The fourth-order valence-corrected chi connectivity index (χ4v) is 6.49. The van der Waals surface area contributed by atoms with Crippen LogP contribution in [-0.2, 0) is 16.6 Å². The molecule has 1 saturated carbocycles. The zero-order chi connectivity index (χ0) is 24.7. The van der Waals surface area contributed by atoms with Crippen LogP contribution in [0.3, 0.4) is 0 Å². The van der Waals surface area contributed by atoms with E-state index in [4.69, 9.17) is 4.98 Å². The molecule has 0 spiro atoms. The van der Waals surface area contributed by atoms with Crippen LogP contribution in [0.25, 0.3) is 10.2 Å². The van der Waals surface area contributed by atoms with Gasteiger partial charge in [0.25, 0.3) is 5.91 Å². The Kier molecular flexibility index (Phi) is 6.20. The summed E-state index contributed by atoms with van der Waals surface area (Å²) in [6.07, 6.45) is 1.78. The molecule has 0 aliphatic heterocycles. The van der Waals surface area contributed by atoms with Gasteiger partial charge < -0.3 is 0 Å². The minimum Gasteiger partial charge on any atom is -0.282 e. The number of anilines is 1. The minimum absolute atomic E-state index is 0.0743. The van der Waals surface area contributed by atoms with Gasteiger partial charge in [0.2, 0.25) is 10.0 Å². The Morgan fingerprint density at radius 2 is 1.83 bits per heavy atom. The van der Waals surface area contributed by atoms with Gasteiger partial charge in [-0.1, -0.05) is 23.5 Å². The highest BCUT2D eigenvalue weighted by Crippen LogP contribution is 2.32. The van der Waals surface area contributed by atoms with Crippen LogP contribution in [0.5, 0.6) is 0 Å². The Bertz CT molecular complexity index is 1450. The molecule has 1 fully saturated rings. The molecule has 0 saturated heterocycles. The number of sulfonamides is 1. The van der Waals surface area contributed by atoms with Crippen molar-refractivity contribution in [3.63, 3.8) is 0 Å². The van der Waals surface area contributed by atoms with E-state index in [-0.39, 0.29) is 16.8 Å². The number of carbonyl (C=O) groups is 1. The van der Waals surface area contributed by atoms with Crippen molar-refractivity contribution in [3.8, 4) is 0 Å². The number of rotatable bonds is 8. The third kappa shape index (κ3) is 4.73. The van der Waals surface area contributed by atoms with Gasteiger partial charge >= 0.3 is 0 Å². The Balaban J connectivity index is 1.44. The molecule has 2 aromatic carbocycles. The second kappa shape index (κ2) is 9.18. The summed E-state index contributed by atoms with van der Waals surface area (Å²) in [6.45, 7) is 4.82. The Morgan fingerprint density at radius 1 is 1.11 bits per heavy atom. The molecule has 0 unspecified atom stereocenters. The number of hydrogen-bond donors (Lipinski definition) is 0. The minimum atomic E-state index is -3.57. The highest BCUT2D eigenvalue weighted by molar-refractivity contribution is 7.89. The maximum atomic E-state index is 13.6. The largest absolute Gasteiger partial charge is 0.282 e. The molecule has 0 N–H and O–H groups in total. The average Bonchev–Trinajstić information content (AvgIpc) is 3.52. The van der Waals surface area contributed by atoms with Gasteiger partial charge in [0.1, 0.15) is 0 Å². The maximum Gasteiger partial charge on any atom is 0.260 e. The molecule has 35 heavy (non-hydrogen) atoms. The molecule has 10 heteroatoms. The molecule has 2 heterocycles. The Morgan fingerprint density at radius 3 is 2.46 bits per heavy atom. The van der Waals surface area contributed by atoms with Crippen LogP contribution in [0.2, 0.25) is 0 Å². The van der Waals surface area contributed by atoms with E-state index in [0.717, 1.165) is 34.4 Å². The fraction of sp³-hybridized carbons (Fsp3) is 0.320. The molecule has 182 valence electrons. The molecule has 0 atom stereocenters. The smallest absolute Gasteiger partial charge is 0.260 e. The predicted octanol–water partition coefficient (Wildman–Crippen LogP) is 4.24. The lowest BCUT2D eigenvalue weighted by Gasteiger charge is -2.21. The van der Waals surface area contributed by atoms with Crippen LogP contribution in [0.1, 0.15) is 34.6 Å². The zero-order valence-corrected chi connectivity index (χ0v) is 21.5. The Labute approximate surface area is 208 Å². The van der Waals surface area contributed by atoms with Crippen LogP contribution < -0.4 is 4.90 Å². The van der Waals surface area contributed by atoms with Crippen molar-refractivity contribution in [2.24, 2.45) is 0 Å². The second-order valence-electron chi connectivity index (χ2n) is 8.85. The third-order valence-electron chi connectivity index (χ3n) is 6.24. The summed E-state index contributed by atoms with van der Waals surface area (Å²) >= 11 is 1.46. The number of fused-ring (bicyclic) bond motifs is 1. The van der Waals surface area contributed by atoms with Crippen LogP contribution in [0.4, 0.5) is 5.13 Å². The molecule has 5 rings (SSSR count). The fourth-order valence-electron chi connectivity index (χ4n) is 4.08. The van der Waals surface area contributed by atoms with Gasteiger partial charge in [-0.2, -0.15) is 9.40 Å². The molecule has 1 aliphatic rings. The number of aromatic nitrogens is 3. The molecular formula is C25H27N5O3S2. The summed E-state index contributed by atoms with van der Waals surface area (Å²) in [6, 6.07) is 16.0. The first-order valence-electron chi connectivity index (χ1n) is 11.5. The standard InChI is InChI=1S/C25H27N5O3S2/c1-17-16-18(2)30(27-17)15-14-29(25-26-22-6-4-5-7-23(22)34-25)24(31)19-8-12-21(13-9-19)35(32,33)28(3)20-10-11-20/h4-9,12-13,16,20H,10-11,14-15H2,1-3H3. The summed E-state index contributed by atoms with van der Waals surface area (Å²) in [4.78, 5) is 20.2. The number of aryl methyl sites for hydroxylation is 2. The topological polar surface area (TPSA) is 88.4 Å². The van der Waals surface area contributed by atoms with Crippen molar-refractivity contribution in [3.05, 3.63) is 71.5 Å². The van der Waals surface area contributed by atoms with Crippen molar-refractivity contribution >= 4 is 42.6 Å². The molecule has 2 aromatic heterocycles. The van der Waals surface area contributed by atoms with Gasteiger partial charge in [0.15, 0.2) is 5.13 Å². The van der Waals surface area contributed by atoms with Crippen molar-refractivity contribution in [2.75, 3.05) is 18.5 Å². The molecule has 4 aromatic rings. The number of carbonyl (C=O) groups excluding carboxylic acids is 1. The van der Waals surface area contributed by atoms with E-state index in [1.807, 2.05) is 48.9 Å². The van der Waals surface area contributed by atoms with Gasteiger partial charge in [0, 0.05) is 30.9 Å².